The molecule has 2 aromatic carbocycles. The van der Waals surface area contributed by atoms with Crippen molar-refractivity contribution in [2.24, 2.45) is 0 Å². The van der Waals surface area contributed by atoms with Gasteiger partial charge in [-0.1, -0.05) is 6.07 Å². The van der Waals surface area contributed by atoms with Crippen molar-refractivity contribution in [3.05, 3.63) is 47.8 Å². The Balaban J connectivity index is 2.35. The van der Waals surface area contributed by atoms with Gasteiger partial charge in [-0.3, -0.25) is 4.72 Å². The first-order valence-corrected chi connectivity index (χ1v) is 7.86. The van der Waals surface area contributed by atoms with Crippen molar-refractivity contribution in [3.63, 3.8) is 0 Å². The molecule has 0 unspecified atom stereocenters. The van der Waals surface area contributed by atoms with E-state index in [0.717, 1.165) is 6.07 Å². The number of methoxy groups -OCH3 is 2. The molecule has 0 bridgehead atoms. The molecule has 0 fully saturated rings. The molecule has 0 saturated heterocycles. The molecule has 22 heavy (non-hydrogen) atoms. The summed E-state index contributed by atoms with van der Waals surface area (Å²) in [5.74, 6) is 0.232. The lowest BCUT2D eigenvalue weighted by Crippen LogP contribution is -2.13. The number of rotatable bonds is 5. The number of anilines is 1. The third-order valence-corrected chi connectivity index (χ3v) is 4.47. The van der Waals surface area contributed by atoms with Crippen LogP contribution in [0.1, 0.15) is 5.56 Å². The number of sulfonamides is 1. The van der Waals surface area contributed by atoms with Gasteiger partial charge < -0.3 is 9.47 Å². The van der Waals surface area contributed by atoms with Crippen LogP contribution in [-0.2, 0) is 10.0 Å². The lowest BCUT2D eigenvalue weighted by atomic mass is 10.2. The zero-order chi connectivity index (χ0) is 16.3. The maximum atomic E-state index is 13.5. The van der Waals surface area contributed by atoms with E-state index in [0.29, 0.717) is 17.1 Å². The number of halogens is 1. The predicted molar refractivity (Wildman–Crippen MR) is 81.5 cm³/mol. The molecule has 0 saturated carbocycles. The van der Waals surface area contributed by atoms with E-state index < -0.39 is 15.8 Å². The number of aryl methyl sites for hydroxylation is 1. The summed E-state index contributed by atoms with van der Waals surface area (Å²) < 4.78 is 50.6. The quantitative estimate of drug-likeness (QED) is 0.918. The summed E-state index contributed by atoms with van der Waals surface area (Å²) in [7, 11) is -0.981. The van der Waals surface area contributed by atoms with Gasteiger partial charge in [0.05, 0.1) is 24.8 Å². The molecule has 2 aromatic rings. The molecular formula is C15H16FNO4S. The van der Waals surface area contributed by atoms with Crippen LogP contribution in [0, 0.1) is 12.7 Å². The van der Waals surface area contributed by atoms with Crippen LogP contribution in [0.2, 0.25) is 0 Å². The maximum absolute atomic E-state index is 13.5. The van der Waals surface area contributed by atoms with Crippen molar-refractivity contribution in [3.8, 4) is 11.5 Å². The zero-order valence-corrected chi connectivity index (χ0v) is 13.2. The molecular weight excluding hydrogens is 309 g/mol. The highest BCUT2D eigenvalue weighted by atomic mass is 32.2. The minimum Gasteiger partial charge on any atom is -0.493 e. The molecule has 0 aliphatic rings. The molecule has 0 atom stereocenters. The van der Waals surface area contributed by atoms with E-state index in [4.69, 9.17) is 9.47 Å². The summed E-state index contributed by atoms with van der Waals surface area (Å²) in [6.07, 6.45) is 0. The fraction of sp³-hybridized carbons (Fsp3) is 0.200. The third kappa shape index (κ3) is 3.30. The van der Waals surface area contributed by atoms with Gasteiger partial charge in [0.25, 0.3) is 10.0 Å². The summed E-state index contributed by atoms with van der Waals surface area (Å²) in [6, 6.07) is 8.34. The molecule has 0 amide bonds. The number of hydrogen-bond donors (Lipinski definition) is 1. The highest BCUT2D eigenvalue weighted by Gasteiger charge is 2.17. The number of hydrogen-bond acceptors (Lipinski definition) is 4. The number of nitrogens with one attached hydrogen (secondary N) is 1. The Kier molecular flexibility index (Phi) is 4.56. The summed E-state index contributed by atoms with van der Waals surface area (Å²) in [5, 5.41) is 0. The minimum absolute atomic E-state index is 0.00821. The summed E-state index contributed by atoms with van der Waals surface area (Å²) in [4.78, 5) is -0.00821. The van der Waals surface area contributed by atoms with Gasteiger partial charge in [-0.05, 0) is 36.8 Å². The zero-order valence-electron chi connectivity index (χ0n) is 12.4. The molecule has 2 rings (SSSR count). The first-order chi connectivity index (χ1) is 10.4. The Hall–Kier alpha value is -2.28. The predicted octanol–water partition coefficient (Wildman–Crippen LogP) is 2.95. The fourth-order valence-corrected chi connectivity index (χ4v) is 2.92. The second-order valence-electron chi connectivity index (χ2n) is 4.59. The Labute approximate surface area is 128 Å². The van der Waals surface area contributed by atoms with Gasteiger partial charge in [0.1, 0.15) is 5.82 Å². The van der Waals surface area contributed by atoms with Gasteiger partial charge in [0.15, 0.2) is 11.5 Å². The van der Waals surface area contributed by atoms with Crippen molar-refractivity contribution in [2.75, 3.05) is 18.9 Å². The Morgan fingerprint density at radius 1 is 1.00 bits per heavy atom. The van der Waals surface area contributed by atoms with Gasteiger partial charge in [-0.2, -0.15) is 0 Å². The Morgan fingerprint density at radius 2 is 1.68 bits per heavy atom. The van der Waals surface area contributed by atoms with Crippen molar-refractivity contribution in [2.45, 2.75) is 11.8 Å². The minimum atomic E-state index is -3.85. The number of ether oxygens (including phenoxy) is 2. The molecule has 0 aliphatic heterocycles. The van der Waals surface area contributed by atoms with Crippen LogP contribution in [0.5, 0.6) is 11.5 Å². The molecule has 0 aromatic heterocycles. The topological polar surface area (TPSA) is 64.6 Å². The molecule has 1 N–H and O–H groups in total. The van der Waals surface area contributed by atoms with E-state index in [1.165, 1.54) is 44.6 Å². The summed E-state index contributed by atoms with van der Waals surface area (Å²) >= 11 is 0. The van der Waals surface area contributed by atoms with Crippen LogP contribution >= 0.6 is 0 Å². The Bertz CT molecular complexity index is 790. The van der Waals surface area contributed by atoms with E-state index >= 15 is 0 Å². The van der Waals surface area contributed by atoms with Crippen molar-refractivity contribution < 1.29 is 22.3 Å². The molecule has 0 spiro atoms. The van der Waals surface area contributed by atoms with E-state index in [1.54, 1.807) is 6.92 Å². The number of benzene rings is 2. The summed E-state index contributed by atoms with van der Waals surface area (Å²) in [6.45, 7) is 1.60. The third-order valence-electron chi connectivity index (χ3n) is 3.09. The second kappa shape index (κ2) is 6.23. The van der Waals surface area contributed by atoms with E-state index in [1.807, 2.05) is 0 Å². The van der Waals surface area contributed by atoms with Crippen LogP contribution < -0.4 is 14.2 Å². The molecule has 0 aliphatic carbocycles. The van der Waals surface area contributed by atoms with Crippen LogP contribution in [-0.4, -0.2) is 22.6 Å². The molecule has 7 heteroatoms. The average Bonchev–Trinajstić information content (AvgIpc) is 2.50. The SMILES string of the molecule is COc1ccc(S(=O)(=O)Nc2ccc(C)c(F)c2)cc1OC. The molecule has 5 nitrogen and oxygen atoms in total. The Morgan fingerprint density at radius 3 is 2.27 bits per heavy atom. The second-order valence-corrected chi connectivity index (χ2v) is 6.27. The molecule has 118 valence electrons. The van der Waals surface area contributed by atoms with Crippen molar-refractivity contribution >= 4 is 15.7 Å². The first kappa shape index (κ1) is 16.1. The average molecular weight is 325 g/mol. The summed E-state index contributed by atoms with van der Waals surface area (Å²) in [5.41, 5.74) is 0.590. The van der Waals surface area contributed by atoms with E-state index in [-0.39, 0.29) is 10.6 Å². The van der Waals surface area contributed by atoms with Crippen molar-refractivity contribution in [1.82, 2.24) is 0 Å². The smallest absolute Gasteiger partial charge is 0.262 e. The monoisotopic (exact) mass is 325 g/mol. The van der Waals surface area contributed by atoms with Gasteiger partial charge in [0.2, 0.25) is 0 Å². The first-order valence-electron chi connectivity index (χ1n) is 6.38. The van der Waals surface area contributed by atoms with Crippen LogP contribution in [0.25, 0.3) is 0 Å². The van der Waals surface area contributed by atoms with Crippen molar-refractivity contribution in [1.29, 1.82) is 0 Å². The molecule has 0 radical (unpaired) electrons. The lowest BCUT2D eigenvalue weighted by Gasteiger charge is -2.12. The van der Waals surface area contributed by atoms with Crippen LogP contribution in [0.3, 0.4) is 0 Å². The van der Waals surface area contributed by atoms with Gasteiger partial charge in [0, 0.05) is 6.07 Å². The maximum Gasteiger partial charge on any atom is 0.262 e. The lowest BCUT2D eigenvalue weighted by molar-refractivity contribution is 0.354. The normalized spacial score (nSPS) is 11.1. The highest BCUT2D eigenvalue weighted by molar-refractivity contribution is 7.92. The van der Waals surface area contributed by atoms with Gasteiger partial charge in [-0.25, -0.2) is 12.8 Å². The largest absolute Gasteiger partial charge is 0.493 e. The van der Waals surface area contributed by atoms with Crippen LogP contribution in [0.15, 0.2) is 41.3 Å². The van der Waals surface area contributed by atoms with E-state index in [2.05, 4.69) is 4.72 Å². The highest BCUT2D eigenvalue weighted by Crippen LogP contribution is 2.30. The van der Waals surface area contributed by atoms with Gasteiger partial charge >= 0.3 is 0 Å². The van der Waals surface area contributed by atoms with E-state index in [9.17, 15) is 12.8 Å². The van der Waals surface area contributed by atoms with Crippen LogP contribution in [0.4, 0.5) is 10.1 Å². The standard InChI is InChI=1S/C15H16FNO4S/c1-10-4-5-11(8-13(10)16)17-22(18,19)12-6-7-14(20-2)15(9-12)21-3/h4-9,17H,1-3H3. The fourth-order valence-electron chi connectivity index (χ4n) is 1.85. The van der Waals surface area contributed by atoms with Gasteiger partial charge in [-0.15, -0.1) is 0 Å². The molecule has 0 heterocycles.